The smallest absolute Gasteiger partial charge is 0.262 e. The van der Waals surface area contributed by atoms with E-state index in [4.69, 9.17) is 0 Å². The van der Waals surface area contributed by atoms with Crippen molar-refractivity contribution in [3.8, 4) is 0 Å². The molecule has 7 heteroatoms. The zero-order chi connectivity index (χ0) is 14.9. The Kier molecular flexibility index (Phi) is 5.64. The zero-order valence-electron chi connectivity index (χ0n) is 11.8. The van der Waals surface area contributed by atoms with Gasteiger partial charge in [-0.15, -0.1) is 12.4 Å². The van der Waals surface area contributed by atoms with Gasteiger partial charge in [0.2, 0.25) is 5.91 Å². The molecule has 0 saturated carbocycles. The number of amides is 1. The number of halogens is 4. The molecule has 1 fully saturated rings. The number of carbonyl (C=O) groups excluding carboxylic acids is 1. The SMILES string of the molecule is Cc1ccc(C(C)NC(=O)C2CC(F)(F)CN2)cc1F.Cl. The van der Waals surface area contributed by atoms with Crippen LogP contribution in [-0.2, 0) is 4.79 Å². The maximum atomic E-state index is 13.5. The second-order valence-corrected chi connectivity index (χ2v) is 5.23. The molecule has 0 radical (unpaired) electrons. The molecule has 118 valence electrons. The molecule has 3 nitrogen and oxygen atoms in total. The van der Waals surface area contributed by atoms with Gasteiger partial charge in [0, 0.05) is 6.42 Å². The molecule has 2 N–H and O–H groups in total. The highest BCUT2D eigenvalue weighted by Crippen LogP contribution is 2.25. The summed E-state index contributed by atoms with van der Waals surface area (Å²) in [4.78, 5) is 11.9. The van der Waals surface area contributed by atoms with E-state index in [1.54, 1.807) is 26.0 Å². The third-order valence-electron chi connectivity index (χ3n) is 3.48. The minimum atomic E-state index is -2.85. The Hall–Kier alpha value is -1.27. The van der Waals surface area contributed by atoms with Crippen LogP contribution in [0.2, 0.25) is 0 Å². The summed E-state index contributed by atoms with van der Waals surface area (Å²) in [6.07, 6.45) is -0.506. The van der Waals surface area contributed by atoms with E-state index in [1.165, 1.54) is 6.07 Å². The summed E-state index contributed by atoms with van der Waals surface area (Å²) in [6.45, 7) is 2.85. The number of nitrogens with one attached hydrogen (secondary N) is 2. The predicted molar refractivity (Wildman–Crippen MR) is 76.3 cm³/mol. The Labute approximate surface area is 127 Å². The standard InChI is InChI=1S/C14H17F3N2O.ClH/c1-8-3-4-10(5-11(8)15)9(2)19-13(20)12-6-14(16,17)7-18-12;/h3-5,9,12,18H,6-7H2,1-2H3,(H,19,20);1H. The van der Waals surface area contributed by atoms with Crippen LogP contribution in [0.3, 0.4) is 0 Å². The molecule has 2 atom stereocenters. The van der Waals surface area contributed by atoms with Crippen LogP contribution in [0.15, 0.2) is 18.2 Å². The van der Waals surface area contributed by atoms with E-state index in [1.807, 2.05) is 0 Å². The fourth-order valence-electron chi connectivity index (χ4n) is 2.18. The van der Waals surface area contributed by atoms with Crippen molar-refractivity contribution in [2.75, 3.05) is 6.54 Å². The predicted octanol–water partition coefficient (Wildman–Crippen LogP) is 2.73. The van der Waals surface area contributed by atoms with Crippen LogP contribution in [0.25, 0.3) is 0 Å². The van der Waals surface area contributed by atoms with Crippen molar-refractivity contribution in [3.05, 3.63) is 35.1 Å². The summed E-state index contributed by atoms with van der Waals surface area (Å²) in [6, 6.07) is 3.34. The van der Waals surface area contributed by atoms with E-state index >= 15 is 0 Å². The first-order valence-electron chi connectivity index (χ1n) is 6.46. The van der Waals surface area contributed by atoms with Crippen molar-refractivity contribution in [2.24, 2.45) is 0 Å². The Bertz CT molecular complexity index is 525. The largest absolute Gasteiger partial charge is 0.348 e. The minimum absolute atomic E-state index is 0. The van der Waals surface area contributed by atoms with Gasteiger partial charge in [0.1, 0.15) is 5.82 Å². The van der Waals surface area contributed by atoms with Crippen molar-refractivity contribution in [3.63, 3.8) is 0 Å². The van der Waals surface area contributed by atoms with Gasteiger partial charge in [-0.25, -0.2) is 13.2 Å². The van der Waals surface area contributed by atoms with Crippen molar-refractivity contribution in [2.45, 2.75) is 38.3 Å². The van der Waals surface area contributed by atoms with Gasteiger partial charge >= 0.3 is 0 Å². The molecule has 0 bridgehead atoms. The lowest BCUT2D eigenvalue weighted by Crippen LogP contribution is -2.41. The number of carbonyl (C=O) groups is 1. The van der Waals surface area contributed by atoms with Crippen molar-refractivity contribution in [1.82, 2.24) is 10.6 Å². The molecule has 1 heterocycles. The first-order chi connectivity index (χ1) is 9.28. The monoisotopic (exact) mass is 322 g/mol. The van der Waals surface area contributed by atoms with Crippen LogP contribution in [0.5, 0.6) is 0 Å². The molecule has 1 amide bonds. The molecule has 1 aromatic carbocycles. The van der Waals surface area contributed by atoms with E-state index in [-0.39, 0.29) is 18.2 Å². The van der Waals surface area contributed by atoms with Crippen LogP contribution in [0.4, 0.5) is 13.2 Å². The van der Waals surface area contributed by atoms with Crippen molar-refractivity contribution < 1.29 is 18.0 Å². The van der Waals surface area contributed by atoms with Gasteiger partial charge in [0.15, 0.2) is 0 Å². The summed E-state index contributed by atoms with van der Waals surface area (Å²) in [5, 5.41) is 5.11. The lowest BCUT2D eigenvalue weighted by Gasteiger charge is -2.18. The molecule has 1 aliphatic heterocycles. The fraction of sp³-hybridized carbons (Fsp3) is 0.500. The number of hydrogen-bond donors (Lipinski definition) is 2. The third kappa shape index (κ3) is 4.35. The molecule has 21 heavy (non-hydrogen) atoms. The molecule has 0 spiro atoms. The maximum absolute atomic E-state index is 13.5. The van der Waals surface area contributed by atoms with Crippen molar-refractivity contribution >= 4 is 18.3 Å². The average Bonchev–Trinajstić information content (AvgIpc) is 2.73. The number of hydrogen-bond acceptors (Lipinski definition) is 2. The van der Waals surface area contributed by atoms with Crippen LogP contribution in [-0.4, -0.2) is 24.4 Å². The van der Waals surface area contributed by atoms with Gasteiger partial charge in [-0.05, 0) is 31.0 Å². The van der Waals surface area contributed by atoms with Gasteiger partial charge in [0.05, 0.1) is 18.6 Å². The highest BCUT2D eigenvalue weighted by molar-refractivity contribution is 5.85. The summed E-state index contributed by atoms with van der Waals surface area (Å²) in [7, 11) is 0. The highest BCUT2D eigenvalue weighted by Gasteiger charge is 2.42. The molecule has 2 rings (SSSR count). The number of alkyl halides is 2. The summed E-state index contributed by atoms with van der Waals surface area (Å²) in [5.74, 6) is -3.69. The average molecular weight is 323 g/mol. The van der Waals surface area contributed by atoms with Gasteiger partial charge in [0.25, 0.3) is 5.92 Å². The summed E-state index contributed by atoms with van der Waals surface area (Å²) >= 11 is 0. The lowest BCUT2D eigenvalue weighted by molar-refractivity contribution is -0.124. The second kappa shape index (κ2) is 6.66. The number of aryl methyl sites for hydroxylation is 1. The van der Waals surface area contributed by atoms with Gasteiger partial charge in [-0.3, -0.25) is 10.1 Å². The van der Waals surface area contributed by atoms with Gasteiger partial charge in [-0.1, -0.05) is 12.1 Å². The molecular formula is C14H18ClF3N2O. The highest BCUT2D eigenvalue weighted by atomic mass is 35.5. The molecule has 1 saturated heterocycles. The first kappa shape index (κ1) is 17.8. The topological polar surface area (TPSA) is 41.1 Å². The lowest BCUT2D eigenvalue weighted by atomic mass is 10.1. The van der Waals surface area contributed by atoms with E-state index in [9.17, 15) is 18.0 Å². The molecule has 0 aromatic heterocycles. The summed E-state index contributed by atoms with van der Waals surface area (Å²) < 4.78 is 39.5. The second-order valence-electron chi connectivity index (χ2n) is 5.23. The fourth-order valence-corrected chi connectivity index (χ4v) is 2.18. The Morgan fingerprint density at radius 1 is 1.48 bits per heavy atom. The first-order valence-corrected chi connectivity index (χ1v) is 6.46. The van der Waals surface area contributed by atoms with Crippen LogP contribution in [0, 0.1) is 12.7 Å². The molecule has 2 unspecified atom stereocenters. The molecular weight excluding hydrogens is 305 g/mol. The Morgan fingerprint density at radius 2 is 2.14 bits per heavy atom. The molecule has 1 aliphatic rings. The van der Waals surface area contributed by atoms with Crippen LogP contribution < -0.4 is 10.6 Å². The van der Waals surface area contributed by atoms with E-state index < -0.39 is 36.9 Å². The normalized spacial score (nSPS) is 21.5. The van der Waals surface area contributed by atoms with E-state index in [2.05, 4.69) is 10.6 Å². The maximum Gasteiger partial charge on any atom is 0.262 e. The van der Waals surface area contributed by atoms with E-state index in [0.29, 0.717) is 11.1 Å². The van der Waals surface area contributed by atoms with E-state index in [0.717, 1.165) is 0 Å². The Balaban J connectivity index is 0.00000220. The molecule has 1 aromatic rings. The number of benzene rings is 1. The minimum Gasteiger partial charge on any atom is -0.348 e. The van der Waals surface area contributed by atoms with Crippen LogP contribution in [0.1, 0.15) is 30.5 Å². The molecule has 0 aliphatic carbocycles. The van der Waals surface area contributed by atoms with Crippen molar-refractivity contribution in [1.29, 1.82) is 0 Å². The van der Waals surface area contributed by atoms with Gasteiger partial charge < -0.3 is 5.32 Å². The van der Waals surface area contributed by atoms with Crippen LogP contribution >= 0.6 is 12.4 Å². The number of rotatable bonds is 3. The summed E-state index contributed by atoms with van der Waals surface area (Å²) in [5.41, 5.74) is 1.12. The quantitative estimate of drug-likeness (QED) is 0.898. The van der Waals surface area contributed by atoms with Gasteiger partial charge in [-0.2, -0.15) is 0 Å². The zero-order valence-corrected chi connectivity index (χ0v) is 12.6. The third-order valence-corrected chi connectivity index (χ3v) is 3.48. The Morgan fingerprint density at radius 3 is 2.67 bits per heavy atom.